The highest BCUT2D eigenvalue weighted by molar-refractivity contribution is 5.34. The van der Waals surface area contributed by atoms with Crippen LogP contribution in [0.25, 0.3) is 0 Å². The maximum absolute atomic E-state index is 13.3. The second-order valence-corrected chi connectivity index (χ2v) is 7.09. The molecule has 0 aliphatic heterocycles. The Bertz CT molecular complexity index is 705. The molecule has 0 aromatic heterocycles. The fourth-order valence-corrected chi connectivity index (χ4v) is 3.41. The van der Waals surface area contributed by atoms with E-state index in [0.717, 1.165) is 38.3 Å². The summed E-state index contributed by atoms with van der Waals surface area (Å²) in [5.74, 6) is -1.10. The first-order valence-electron chi connectivity index (χ1n) is 9.06. The Morgan fingerprint density at radius 1 is 1.08 bits per heavy atom. The zero-order chi connectivity index (χ0) is 17.9. The normalized spacial score (nSPS) is 16.6. The summed E-state index contributed by atoms with van der Waals surface area (Å²) in [7, 11) is 0. The molecule has 1 saturated carbocycles. The van der Waals surface area contributed by atoms with Gasteiger partial charge in [0.15, 0.2) is 0 Å². The molecule has 1 aliphatic rings. The molecule has 2 aromatic rings. The maximum Gasteiger partial charge on any atom is 0.126 e. The lowest BCUT2D eigenvalue weighted by Gasteiger charge is -2.20. The minimum Gasteiger partial charge on any atom is -0.327 e. The fraction of sp³-hybridized carbons (Fsp3) is 0.429. The molecule has 0 bridgehead atoms. The minimum absolute atomic E-state index is 0.0931. The van der Waals surface area contributed by atoms with Crippen LogP contribution in [-0.4, -0.2) is 12.6 Å². The lowest BCUT2D eigenvalue weighted by atomic mass is 10.00. The van der Waals surface area contributed by atoms with Gasteiger partial charge in [-0.15, -0.1) is 0 Å². The van der Waals surface area contributed by atoms with Gasteiger partial charge in [-0.3, -0.25) is 0 Å². The number of nitrogens with two attached hydrogens (primary N) is 1. The largest absolute Gasteiger partial charge is 0.327 e. The third-order valence-corrected chi connectivity index (χ3v) is 5.04. The molecule has 1 atom stereocenters. The number of rotatable bonds is 8. The Labute approximate surface area is 148 Å². The van der Waals surface area contributed by atoms with Crippen molar-refractivity contribution in [3.63, 3.8) is 0 Å². The summed E-state index contributed by atoms with van der Waals surface area (Å²) >= 11 is 0. The molecule has 0 radical (unpaired) electrons. The first kappa shape index (κ1) is 18.0. The molecule has 3 rings (SSSR count). The van der Waals surface area contributed by atoms with Crippen molar-refractivity contribution in [3.05, 3.63) is 70.8 Å². The monoisotopic (exact) mass is 344 g/mol. The lowest BCUT2D eigenvalue weighted by molar-refractivity contribution is 0.477. The average Bonchev–Trinajstić information content (AvgIpc) is 3.35. The van der Waals surface area contributed by atoms with E-state index in [-0.39, 0.29) is 11.6 Å². The van der Waals surface area contributed by atoms with Crippen molar-refractivity contribution in [1.82, 2.24) is 5.32 Å². The summed E-state index contributed by atoms with van der Waals surface area (Å²) in [6.07, 6.45) is 4.58. The highest BCUT2D eigenvalue weighted by Gasteiger charge is 2.43. The molecule has 0 spiro atoms. The van der Waals surface area contributed by atoms with E-state index < -0.39 is 11.6 Å². The van der Waals surface area contributed by atoms with Gasteiger partial charge < -0.3 is 11.1 Å². The van der Waals surface area contributed by atoms with Crippen LogP contribution in [0.15, 0.2) is 42.5 Å². The van der Waals surface area contributed by atoms with Crippen molar-refractivity contribution in [1.29, 1.82) is 0 Å². The molecule has 134 valence electrons. The van der Waals surface area contributed by atoms with Gasteiger partial charge in [0.05, 0.1) is 0 Å². The molecule has 0 amide bonds. The summed E-state index contributed by atoms with van der Waals surface area (Å²) in [4.78, 5) is 0. The molecule has 2 aromatic carbocycles. The number of hydrogen-bond donors (Lipinski definition) is 2. The predicted octanol–water partition coefficient (Wildman–Crippen LogP) is 4.07. The van der Waals surface area contributed by atoms with Crippen LogP contribution < -0.4 is 11.1 Å². The summed E-state index contributed by atoms with van der Waals surface area (Å²) in [6.45, 7) is 2.97. The van der Waals surface area contributed by atoms with Gasteiger partial charge >= 0.3 is 0 Å². The van der Waals surface area contributed by atoms with Crippen molar-refractivity contribution < 1.29 is 8.78 Å². The van der Waals surface area contributed by atoms with Gasteiger partial charge in [-0.05, 0) is 67.5 Å². The van der Waals surface area contributed by atoms with Gasteiger partial charge in [0, 0.05) is 17.6 Å². The third-order valence-electron chi connectivity index (χ3n) is 5.04. The Hall–Kier alpha value is -1.78. The number of halogens is 2. The molecule has 3 N–H and O–H groups in total. The number of aryl methyl sites for hydroxylation is 1. The van der Waals surface area contributed by atoms with E-state index in [0.29, 0.717) is 12.0 Å². The zero-order valence-corrected chi connectivity index (χ0v) is 14.7. The number of nitrogens with one attached hydrogen (secondary N) is 1. The van der Waals surface area contributed by atoms with Crippen LogP contribution in [-0.2, 0) is 18.4 Å². The topological polar surface area (TPSA) is 38.0 Å². The van der Waals surface area contributed by atoms with Crippen LogP contribution in [0.1, 0.15) is 42.9 Å². The number of benzene rings is 2. The summed E-state index contributed by atoms with van der Waals surface area (Å²) in [6, 6.07) is 12.2. The average molecular weight is 344 g/mol. The van der Waals surface area contributed by atoms with Gasteiger partial charge in [-0.25, -0.2) is 8.78 Å². The van der Waals surface area contributed by atoms with Crippen molar-refractivity contribution in [2.24, 2.45) is 5.73 Å². The fourth-order valence-electron chi connectivity index (χ4n) is 3.41. The molecule has 25 heavy (non-hydrogen) atoms. The summed E-state index contributed by atoms with van der Waals surface area (Å²) < 4.78 is 26.5. The van der Waals surface area contributed by atoms with E-state index in [1.165, 1.54) is 23.3 Å². The van der Waals surface area contributed by atoms with Crippen molar-refractivity contribution >= 4 is 0 Å². The molecular weight excluding hydrogens is 318 g/mol. The summed E-state index contributed by atoms with van der Waals surface area (Å²) in [5, 5.41) is 3.65. The van der Waals surface area contributed by atoms with E-state index in [4.69, 9.17) is 5.73 Å². The quantitative estimate of drug-likeness (QED) is 0.758. The van der Waals surface area contributed by atoms with Gasteiger partial charge in [0.2, 0.25) is 0 Å². The van der Waals surface area contributed by atoms with Gasteiger partial charge in [-0.1, -0.05) is 31.2 Å². The van der Waals surface area contributed by atoms with Gasteiger partial charge in [0.1, 0.15) is 11.6 Å². The van der Waals surface area contributed by atoms with Crippen LogP contribution in [0.5, 0.6) is 0 Å². The van der Waals surface area contributed by atoms with Gasteiger partial charge in [0.25, 0.3) is 0 Å². The van der Waals surface area contributed by atoms with Crippen molar-refractivity contribution in [3.8, 4) is 0 Å². The standard InChI is InChI=1S/C21H26F2N2/c1-2-15-4-3-5-17(10-15)21(7-8-21)25-9-6-20(24)13-16-11-18(22)14-19(23)12-16/h3-5,10-12,14,20,25H,2,6-9,13,24H2,1H3. The smallest absolute Gasteiger partial charge is 0.126 e. The Morgan fingerprint density at radius 2 is 1.80 bits per heavy atom. The van der Waals surface area contributed by atoms with Crippen LogP contribution in [0, 0.1) is 11.6 Å². The van der Waals surface area contributed by atoms with E-state index in [1.807, 2.05) is 0 Å². The van der Waals surface area contributed by atoms with Crippen LogP contribution in [0.4, 0.5) is 8.78 Å². The van der Waals surface area contributed by atoms with E-state index >= 15 is 0 Å². The second-order valence-electron chi connectivity index (χ2n) is 7.09. The Balaban J connectivity index is 1.52. The lowest BCUT2D eigenvalue weighted by Crippen LogP contribution is -2.34. The molecule has 1 unspecified atom stereocenters. The molecule has 0 heterocycles. The third kappa shape index (κ3) is 4.65. The Morgan fingerprint density at radius 3 is 2.44 bits per heavy atom. The van der Waals surface area contributed by atoms with Gasteiger partial charge in [-0.2, -0.15) is 0 Å². The highest BCUT2D eigenvalue weighted by atomic mass is 19.1. The zero-order valence-electron chi connectivity index (χ0n) is 14.7. The number of hydrogen-bond acceptors (Lipinski definition) is 2. The van der Waals surface area contributed by atoms with E-state index in [2.05, 4.69) is 36.5 Å². The second kappa shape index (κ2) is 7.63. The molecule has 1 aliphatic carbocycles. The highest BCUT2D eigenvalue weighted by Crippen LogP contribution is 2.45. The van der Waals surface area contributed by atoms with Crippen molar-refractivity contribution in [2.75, 3.05) is 6.54 Å². The minimum atomic E-state index is -0.548. The predicted molar refractivity (Wildman–Crippen MR) is 97.4 cm³/mol. The maximum atomic E-state index is 13.3. The SMILES string of the molecule is CCc1cccc(C2(NCCC(N)Cc3cc(F)cc(F)c3)CC2)c1. The van der Waals surface area contributed by atoms with Crippen LogP contribution >= 0.6 is 0 Å². The first-order valence-corrected chi connectivity index (χ1v) is 9.06. The molecular formula is C21H26F2N2. The molecule has 2 nitrogen and oxygen atoms in total. The van der Waals surface area contributed by atoms with Crippen molar-refractivity contribution in [2.45, 2.75) is 50.6 Å². The molecule has 4 heteroatoms. The molecule has 0 saturated heterocycles. The van der Waals surface area contributed by atoms with E-state index in [1.54, 1.807) is 0 Å². The molecule has 1 fully saturated rings. The van der Waals surface area contributed by atoms with Crippen LogP contribution in [0.3, 0.4) is 0 Å². The Kier molecular flexibility index (Phi) is 5.50. The van der Waals surface area contributed by atoms with E-state index in [9.17, 15) is 8.78 Å². The van der Waals surface area contributed by atoms with Crippen LogP contribution in [0.2, 0.25) is 0 Å². The first-order chi connectivity index (χ1) is 12.0. The summed E-state index contributed by atoms with van der Waals surface area (Å²) in [5.41, 5.74) is 9.57.